The standard InChI is InChI=1S/C14H15N3O4/c15-12-4-3-11(21-12)14(19)17-7-5-16(6-8-17)13(18)10-2-1-9-20-10/h1-4,9H,5-8,15H2. The number of nitrogens with zero attached hydrogens (tertiary/aromatic N) is 2. The maximum absolute atomic E-state index is 12.2. The molecule has 110 valence electrons. The first kappa shape index (κ1) is 13.3. The zero-order valence-electron chi connectivity index (χ0n) is 11.3. The predicted molar refractivity (Wildman–Crippen MR) is 73.6 cm³/mol. The van der Waals surface area contributed by atoms with Gasteiger partial charge in [0.05, 0.1) is 6.26 Å². The molecule has 0 radical (unpaired) electrons. The van der Waals surface area contributed by atoms with Gasteiger partial charge in [-0.05, 0) is 18.2 Å². The first-order chi connectivity index (χ1) is 10.1. The van der Waals surface area contributed by atoms with Crippen molar-refractivity contribution in [2.45, 2.75) is 0 Å². The number of hydrogen-bond donors (Lipinski definition) is 1. The largest absolute Gasteiger partial charge is 0.459 e. The molecule has 0 spiro atoms. The van der Waals surface area contributed by atoms with Crippen LogP contribution >= 0.6 is 0 Å². The minimum absolute atomic E-state index is 0.158. The van der Waals surface area contributed by atoms with Gasteiger partial charge in [0.25, 0.3) is 11.8 Å². The maximum Gasteiger partial charge on any atom is 0.289 e. The Morgan fingerprint density at radius 1 is 0.952 bits per heavy atom. The Kier molecular flexibility index (Phi) is 3.39. The van der Waals surface area contributed by atoms with Crippen LogP contribution in [0.15, 0.2) is 39.4 Å². The number of carbonyl (C=O) groups is 2. The molecule has 2 aromatic heterocycles. The van der Waals surface area contributed by atoms with E-state index in [-0.39, 0.29) is 23.5 Å². The summed E-state index contributed by atoms with van der Waals surface area (Å²) in [7, 11) is 0. The van der Waals surface area contributed by atoms with E-state index in [1.165, 1.54) is 6.26 Å². The van der Waals surface area contributed by atoms with Crippen molar-refractivity contribution in [3.8, 4) is 0 Å². The summed E-state index contributed by atoms with van der Waals surface area (Å²) in [6.45, 7) is 1.82. The fraction of sp³-hybridized carbons (Fsp3) is 0.286. The van der Waals surface area contributed by atoms with Crippen LogP contribution in [0.25, 0.3) is 0 Å². The lowest BCUT2D eigenvalue weighted by Gasteiger charge is -2.33. The molecular weight excluding hydrogens is 274 g/mol. The van der Waals surface area contributed by atoms with E-state index in [2.05, 4.69) is 0 Å². The van der Waals surface area contributed by atoms with Crippen molar-refractivity contribution in [2.24, 2.45) is 0 Å². The van der Waals surface area contributed by atoms with Gasteiger partial charge in [-0.3, -0.25) is 9.59 Å². The molecule has 0 bridgehead atoms. The summed E-state index contributed by atoms with van der Waals surface area (Å²) in [5, 5.41) is 0. The minimum Gasteiger partial charge on any atom is -0.459 e. The molecule has 0 aliphatic carbocycles. The predicted octanol–water partition coefficient (Wildman–Crippen LogP) is 1.05. The second kappa shape index (κ2) is 5.35. The molecule has 1 saturated heterocycles. The first-order valence-corrected chi connectivity index (χ1v) is 6.62. The summed E-state index contributed by atoms with van der Waals surface area (Å²) >= 11 is 0. The van der Waals surface area contributed by atoms with E-state index >= 15 is 0 Å². The third-order valence-corrected chi connectivity index (χ3v) is 3.42. The van der Waals surface area contributed by atoms with Gasteiger partial charge in [0.15, 0.2) is 17.4 Å². The van der Waals surface area contributed by atoms with Crippen LogP contribution in [0, 0.1) is 0 Å². The minimum atomic E-state index is -0.211. The van der Waals surface area contributed by atoms with Crippen LogP contribution in [0.4, 0.5) is 5.88 Å². The van der Waals surface area contributed by atoms with E-state index in [1.807, 2.05) is 0 Å². The maximum atomic E-state index is 12.2. The number of rotatable bonds is 2. The number of amides is 2. The molecule has 3 heterocycles. The third-order valence-electron chi connectivity index (χ3n) is 3.42. The van der Waals surface area contributed by atoms with Gasteiger partial charge < -0.3 is 24.4 Å². The molecule has 7 heteroatoms. The molecule has 3 rings (SSSR count). The molecule has 1 aliphatic rings. The summed E-state index contributed by atoms with van der Waals surface area (Å²) in [6.07, 6.45) is 1.47. The van der Waals surface area contributed by atoms with Gasteiger partial charge in [0.2, 0.25) is 0 Å². The molecule has 0 saturated carbocycles. The van der Waals surface area contributed by atoms with Crippen LogP contribution in [-0.2, 0) is 0 Å². The summed E-state index contributed by atoms with van der Waals surface area (Å²) in [6, 6.07) is 6.40. The van der Waals surface area contributed by atoms with Crippen LogP contribution in [0.1, 0.15) is 21.1 Å². The van der Waals surface area contributed by atoms with Crippen LogP contribution in [0.3, 0.4) is 0 Å². The normalized spacial score (nSPS) is 15.2. The zero-order valence-corrected chi connectivity index (χ0v) is 11.3. The number of furan rings is 2. The molecular formula is C14H15N3O4. The highest BCUT2D eigenvalue weighted by atomic mass is 16.4. The Morgan fingerprint density at radius 3 is 2.05 bits per heavy atom. The Hall–Kier alpha value is -2.70. The number of piperazine rings is 1. The van der Waals surface area contributed by atoms with Gasteiger partial charge in [0, 0.05) is 32.2 Å². The lowest BCUT2D eigenvalue weighted by atomic mass is 10.2. The molecule has 1 fully saturated rings. The van der Waals surface area contributed by atoms with Gasteiger partial charge in [0.1, 0.15) is 0 Å². The van der Waals surface area contributed by atoms with Gasteiger partial charge >= 0.3 is 0 Å². The van der Waals surface area contributed by atoms with Crippen LogP contribution < -0.4 is 5.73 Å². The average molecular weight is 289 g/mol. The number of anilines is 1. The van der Waals surface area contributed by atoms with Crippen molar-refractivity contribution < 1.29 is 18.4 Å². The monoisotopic (exact) mass is 289 g/mol. The summed E-state index contributed by atoms with van der Waals surface area (Å²) in [4.78, 5) is 27.6. The Labute approximate surface area is 120 Å². The summed E-state index contributed by atoms with van der Waals surface area (Å²) < 4.78 is 10.2. The Bertz CT molecular complexity index is 639. The number of nitrogen functional groups attached to an aromatic ring is 1. The zero-order chi connectivity index (χ0) is 14.8. The van der Waals surface area contributed by atoms with Crippen molar-refractivity contribution in [2.75, 3.05) is 31.9 Å². The third kappa shape index (κ3) is 2.62. The lowest BCUT2D eigenvalue weighted by molar-refractivity contribution is 0.0503. The first-order valence-electron chi connectivity index (χ1n) is 6.62. The highest BCUT2D eigenvalue weighted by Crippen LogP contribution is 2.15. The van der Waals surface area contributed by atoms with Crippen molar-refractivity contribution in [1.82, 2.24) is 9.80 Å². The van der Waals surface area contributed by atoms with Crippen molar-refractivity contribution >= 4 is 17.7 Å². The molecule has 7 nitrogen and oxygen atoms in total. The fourth-order valence-corrected chi connectivity index (χ4v) is 2.29. The fourth-order valence-electron chi connectivity index (χ4n) is 2.29. The number of carbonyl (C=O) groups excluding carboxylic acids is 2. The van der Waals surface area contributed by atoms with Gasteiger partial charge in [-0.2, -0.15) is 0 Å². The van der Waals surface area contributed by atoms with Crippen molar-refractivity contribution in [1.29, 1.82) is 0 Å². The Balaban J connectivity index is 1.60. The van der Waals surface area contributed by atoms with E-state index in [4.69, 9.17) is 14.6 Å². The van der Waals surface area contributed by atoms with Gasteiger partial charge in [-0.15, -0.1) is 0 Å². The second-order valence-corrected chi connectivity index (χ2v) is 4.76. The smallest absolute Gasteiger partial charge is 0.289 e. The number of hydrogen-bond acceptors (Lipinski definition) is 5. The summed E-state index contributed by atoms with van der Waals surface area (Å²) in [5.41, 5.74) is 5.46. The van der Waals surface area contributed by atoms with Crippen molar-refractivity contribution in [3.05, 3.63) is 42.0 Å². The molecule has 2 amide bonds. The van der Waals surface area contributed by atoms with E-state index < -0.39 is 0 Å². The topological polar surface area (TPSA) is 92.9 Å². The molecule has 0 atom stereocenters. The molecule has 0 unspecified atom stereocenters. The van der Waals surface area contributed by atoms with Crippen LogP contribution in [0.5, 0.6) is 0 Å². The lowest BCUT2D eigenvalue weighted by Crippen LogP contribution is -2.50. The van der Waals surface area contributed by atoms with Gasteiger partial charge in [-0.25, -0.2) is 0 Å². The van der Waals surface area contributed by atoms with Crippen LogP contribution in [0.2, 0.25) is 0 Å². The second-order valence-electron chi connectivity index (χ2n) is 4.76. The average Bonchev–Trinajstić information content (AvgIpc) is 3.17. The molecule has 2 aromatic rings. The summed E-state index contributed by atoms with van der Waals surface area (Å²) in [5.74, 6) is 0.378. The van der Waals surface area contributed by atoms with E-state index in [1.54, 1.807) is 34.1 Å². The van der Waals surface area contributed by atoms with Crippen molar-refractivity contribution in [3.63, 3.8) is 0 Å². The highest BCUT2D eigenvalue weighted by Gasteiger charge is 2.27. The van der Waals surface area contributed by atoms with E-state index in [0.717, 1.165) is 0 Å². The highest BCUT2D eigenvalue weighted by molar-refractivity contribution is 5.93. The molecule has 2 N–H and O–H groups in total. The molecule has 21 heavy (non-hydrogen) atoms. The Morgan fingerprint density at radius 2 is 1.57 bits per heavy atom. The van der Waals surface area contributed by atoms with Gasteiger partial charge in [-0.1, -0.05) is 0 Å². The SMILES string of the molecule is Nc1ccc(C(=O)N2CCN(C(=O)c3ccco3)CC2)o1. The van der Waals surface area contributed by atoms with Crippen LogP contribution in [-0.4, -0.2) is 47.8 Å². The quantitative estimate of drug-likeness (QED) is 0.892. The van der Waals surface area contributed by atoms with E-state index in [0.29, 0.717) is 31.9 Å². The number of nitrogens with two attached hydrogens (primary N) is 1. The molecule has 0 aromatic carbocycles. The van der Waals surface area contributed by atoms with E-state index in [9.17, 15) is 9.59 Å². The molecule has 1 aliphatic heterocycles.